The monoisotopic (exact) mass is 253 g/mol. The number of hydrogen-bond donors (Lipinski definition) is 1. The molecule has 1 rings (SSSR count). The second kappa shape index (κ2) is 4.19. The zero-order valence-corrected chi connectivity index (χ0v) is 9.54. The van der Waals surface area contributed by atoms with E-state index in [0.29, 0.717) is 4.90 Å². The number of likely N-dealkylation sites (tertiary alicyclic amines) is 1. The molecule has 1 unspecified atom stereocenters. The maximum absolute atomic E-state index is 12.2. The third-order valence-electron chi connectivity index (χ3n) is 3.10. The van der Waals surface area contributed by atoms with Crippen molar-refractivity contribution < 1.29 is 27.9 Å². The molecule has 1 N–H and O–H groups in total. The first-order valence-corrected chi connectivity index (χ1v) is 5.12. The van der Waals surface area contributed by atoms with Crippen LogP contribution in [0.2, 0.25) is 0 Å². The van der Waals surface area contributed by atoms with Gasteiger partial charge in [0.2, 0.25) is 0 Å². The molecule has 1 saturated heterocycles. The summed E-state index contributed by atoms with van der Waals surface area (Å²) < 4.78 is 36.7. The Balaban J connectivity index is 2.78. The molecule has 0 aromatic rings. The maximum Gasteiger partial charge on any atom is 0.471 e. The van der Waals surface area contributed by atoms with Crippen molar-refractivity contribution >= 4 is 11.9 Å². The van der Waals surface area contributed by atoms with E-state index >= 15 is 0 Å². The lowest BCUT2D eigenvalue weighted by Gasteiger charge is -2.23. The van der Waals surface area contributed by atoms with Crippen LogP contribution in [0, 0.1) is 11.3 Å². The van der Waals surface area contributed by atoms with Gasteiger partial charge in [0.15, 0.2) is 0 Å². The van der Waals surface area contributed by atoms with Gasteiger partial charge in [0.1, 0.15) is 0 Å². The number of carboxylic acid groups (broad SMARTS) is 1. The van der Waals surface area contributed by atoms with Crippen molar-refractivity contribution in [1.29, 1.82) is 0 Å². The van der Waals surface area contributed by atoms with E-state index in [4.69, 9.17) is 5.11 Å². The molecule has 98 valence electrons. The summed E-state index contributed by atoms with van der Waals surface area (Å²) in [5.41, 5.74) is -0.612. The first-order chi connectivity index (χ1) is 7.54. The van der Waals surface area contributed by atoms with Crippen molar-refractivity contribution in [2.45, 2.75) is 26.4 Å². The van der Waals surface area contributed by atoms with Gasteiger partial charge in [0.05, 0.1) is 6.42 Å². The van der Waals surface area contributed by atoms with E-state index in [-0.39, 0.29) is 19.5 Å². The van der Waals surface area contributed by atoms with Gasteiger partial charge in [-0.3, -0.25) is 9.59 Å². The van der Waals surface area contributed by atoms with Gasteiger partial charge in [0, 0.05) is 13.1 Å². The van der Waals surface area contributed by atoms with Gasteiger partial charge < -0.3 is 10.0 Å². The molecule has 1 fully saturated rings. The van der Waals surface area contributed by atoms with E-state index in [1.165, 1.54) is 0 Å². The standard InChI is InChI=1S/C10H14F3NO3/c1-9(2)5-14(8(17)10(11,12)13)4-6(9)3-7(15)16/h6H,3-5H2,1-2H3,(H,15,16). The van der Waals surface area contributed by atoms with E-state index in [2.05, 4.69) is 0 Å². The van der Waals surface area contributed by atoms with Crippen LogP contribution in [0.5, 0.6) is 0 Å². The number of rotatable bonds is 2. The van der Waals surface area contributed by atoms with Gasteiger partial charge in [-0.1, -0.05) is 13.8 Å². The van der Waals surface area contributed by atoms with E-state index in [0.717, 1.165) is 0 Å². The van der Waals surface area contributed by atoms with Crippen molar-refractivity contribution in [1.82, 2.24) is 4.90 Å². The lowest BCUT2D eigenvalue weighted by molar-refractivity contribution is -0.184. The van der Waals surface area contributed by atoms with Crippen molar-refractivity contribution in [2.75, 3.05) is 13.1 Å². The number of hydrogen-bond acceptors (Lipinski definition) is 2. The minimum atomic E-state index is -4.89. The zero-order valence-electron chi connectivity index (χ0n) is 9.54. The molecule has 0 aromatic heterocycles. The molecule has 1 aliphatic rings. The lowest BCUT2D eigenvalue weighted by Crippen LogP contribution is -2.40. The highest BCUT2D eigenvalue weighted by atomic mass is 19.4. The van der Waals surface area contributed by atoms with Crippen LogP contribution in [0.25, 0.3) is 0 Å². The molecule has 1 atom stereocenters. The fraction of sp³-hybridized carbons (Fsp3) is 0.800. The fourth-order valence-corrected chi connectivity index (χ4v) is 2.08. The lowest BCUT2D eigenvalue weighted by atomic mass is 9.80. The number of aliphatic carboxylic acids is 1. The molecule has 0 saturated carbocycles. The molecule has 7 heteroatoms. The topological polar surface area (TPSA) is 57.6 Å². The molecule has 1 amide bonds. The van der Waals surface area contributed by atoms with Crippen LogP contribution in [-0.2, 0) is 9.59 Å². The Hall–Kier alpha value is -1.27. The summed E-state index contributed by atoms with van der Waals surface area (Å²) in [5.74, 6) is -3.41. The number of carbonyl (C=O) groups excluding carboxylic acids is 1. The molecule has 1 aliphatic heterocycles. The molecule has 17 heavy (non-hydrogen) atoms. The summed E-state index contributed by atoms with van der Waals surface area (Å²) in [6.45, 7) is 3.12. The predicted octanol–water partition coefficient (Wildman–Crippen LogP) is 1.51. The SMILES string of the molecule is CC1(C)CN(C(=O)C(F)(F)F)CC1CC(=O)O. The minimum Gasteiger partial charge on any atom is -0.481 e. The van der Waals surface area contributed by atoms with Crippen molar-refractivity contribution in [2.24, 2.45) is 11.3 Å². The summed E-state index contributed by atoms with van der Waals surface area (Å²) in [5, 5.41) is 8.67. The Morgan fingerprint density at radius 2 is 1.94 bits per heavy atom. The highest BCUT2D eigenvalue weighted by Gasteiger charge is 2.49. The second-order valence-corrected chi connectivity index (χ2v) is 4.97. The second-order valence-electron chi connectivity index (χ2n) is 4.97. The van der Waals surface area contributed by atoms with Crippen molar-refractivity contribution in [3.8, 4) is 0 Å². The van der Waals surface area contributed by atoms with E-state index in [1.54, 1.807) is 13.8 Å². The molecule has 1 heterocycles. The van der Waals surface area contributed by atoms with Crippen LogP contribution >= 0.6 is 0 Å². The number of halogens is 3. The first kappa shape index (κ1) is 13.8. The van der Waals surface area contributed by atoms with Gasteiger partial charge in [-0.25, -0.2) is 0 Å². The average Bonchev–Trinajstić information content (AvgIpc) is 2.38. The summed E-state index contributed by atoms with van der Waals surface area (Å²) in [4.78, 5) is 22.3. The summed E-state index contributed by atoms with van der Waals surface area (Å²) >= 11 is 0. The third kappa shape index (κ3) is 3.10. The number of carbonyl (C=O) groups is 2. The third-order valence-corrected chi connectivity index (χ3v) is 3.10. The van der Waals surface area contributed by atoms with Crippen LogP contribution in [-0.4, -0.2) is 41.1 Å². The molecule has 0 aromatic carbocycles. The summed E-state index contributed by atoms with van der Waals surface area (Å²) in [6.07, 6.45) is -5.12. The Morgan fingerprint density at radius 1 is 1.41 bits per heavy atom. The van der Waals surface area contributed by atoms with Crippen LogP contribution in [0.15, 0.2) is 0 Å². The number of amides is 1. The Bertz CT molecular complexity index is 338. The predicted molar refractivity (Wildman–Crippen MR) is 52.2 cm³/mol. The van der Waals surface area contributed by atoms with Crippen LogP contribution in [0.1, 0.15) is 20.3 Å². The zero-order chi connectivity index (χ0) is 13.4. The molecule has 0 bridgehead atoms. The molecule has 0 radical (unpaired) electrons. The van der Waals surface area contributed by atoms with E-state index < -0.39 is 29.4 Å². The van der Waals surface area contributed by atoms with Gasteiger partial charge >= 0.3 is 18.1 Å². The fourth-order valence-electron chi connectivity index (χ4n) is 2.08. The molecule has 0 aliphatic carbocycles. The molecule has 4 nitrogen and oxygen atoms in total. The van der Waals surface area contributed by atoms with Gasteiger partial charge in [0.25, 0.3) is 0 Å². The number of nitrogens with zero attached hydrogens (tertiary/aromatic N) is 1. The first-order valence-electron chi connectivity index (χ1n) is 5.12. The normalized spacial score (nSPS) is 23.8. The highest BCUT2D eigenvalue weighted by molar-refractivity contribution is 5.82. The van der Waals surface area contributed by atoms with Gasteiger partial charge in [-0.15, -0.1) is 0 Å². The van der Waals surface area contributed by atoms with Crippen molar-refractivity contribution in [3.05, 3.63) is 0 Å². The Morgan fingerprint density at radius 3 is 2.35 bits per heavy atom. The molecular formula is C10H14F3NO3. The van der Waals surface area contributed by atoms with Crippen LogP contribution in [0.3, 0.4) is 0 Å². The Labute approximate surface area is 96.4 Å². The Kier molecular flexibility index (Phi) is 3.40. The molecule has 0 spiro atoms. The smallest absolute Gasteiger partial charge is 0.471 e. The summed E-state index contributed by atoms with van der Waals surface area (Å²) in [7, 11) is 0. The van der Waals surface area contributed by atoms with E-state index in [9.17, 15) is 22.8 Å². The largest absolute Gasteiger partial charge is 0.481 e. The highest BCUT2D eigenvalue weighted by Crippen LogP contribution is 2.38. The van der Waals surface area contributed by atoms with Crippen LogP contribution < -0.4 is 0 Å². The maximum atomic E-state index is 12.2. The average molecular weight is 253 g/mol. The number of carboxylic acids is 1. The minimum absolute atomic E-state index is 0.0662. The van der Waals surface area contributed by atoms with E-state index in [1.807, 2.05) is 0 Å². The van der Waals surface area contributed by atoms with Crippen LogP contribution in [0.4, 0.5) is 13.2 Å². The van der Waals surface area contributed by atoms with Gasteiger partial charge in [-0.2, -0.15) is 13.2 Å². The van der Waals surface area contributed by atoms with Gasteiger partial charge in [-0.05, 0) is 11.3 Å². The summed E-state index contributed by atoms with van der Waals surface area (Å²) in [6, 6.07) is 0. The molecular weight excluding hydrogens is 239 g/mol. The number of alkyl halides is 3. The van der Waals surface area contributed by atoms with Crippen molar-refractivity contribution in [3.63, 3.8) is 0 Å². The quantitative estimate of drug-likeness (QED) is 0.811.